The van der Waals surface area contributed by atoms with E-state index in [2.05, 4.69) is 16.4 Å². The van der Waals surface area contributed by atoms with E-state index >= 15 is 0 Å². The van der Waals surface area contributed by atoms with E-state index in [0.717, 1.165) is 16.9 Å². The van der Waals surface area contributed by atoms with Gasteiger partial charge in [-0.3, -0.25) is 0 Å². The minimum Gasteiger partial charge on any atom is -0.476 e. The number of nitrogens with zero attached hydrogens (tertiary/aromatic N) is 2. The molecule has 0 amide bonds. The van der Waals surface area contributed by atoms with E-state index in [1.807, 2.05) is 18.2 Å². The summed E-state index contributed by atoms with van der Waals surface area (Å²) < 4.78 is 0. The number of carboxylic acid groups (broad SMARTS) is 1. The number of thiazole rings is 1. The van der Waals surface area contributed by atoms with Gasteiger partial charge in [-0.15, -0.1) is 11.3 Å². The third-order valence-corrected chi connectivity index (χ3v) is 3.31. The van der Waals surface area contributed by atoms with Crippen LogP contribution < -0.4 is 5.32 Å². The zero-order valence-corrected chi connectivity index (χ0v) is 10.8. The molecule has 1 aromatic carbocycles. The Morgan fingerprint density at radius 2 is 2.32 bits per heavy atom. The second-order valence-electron chi connectivity index (χ2n) is 3.86. The maximum absolute atomic E-state index is 10.7. The van der Waals surface area contributed by atoms with Crippen molar-refractivity contribution >= 4 is 17.3 Å². The van der Waals surface area contributed by atoms with Gasteiger partial charge >= 0.3 is 5.97 Å². The van der Waals surface area contributed by atoms with Crippen LogP contribution in [0.2, 0.25) is 0 Å². The molecule has 1 heterocycles. The highest BCUT2D eigenvalue weighted by Crippen LogP contribution is 2.10. The fourth-order valence-electron chi connectivity index (χ4n) is 1.57. The Morgan fingerprint density at radius 1 is 1.47 bits per heavy atom. The number of rotatable bonds is 5. The fraction of sp³-hybridized carbons (Fsp3) is 0.154. The number of hydrogen-bond donors (Lipinski definition) is 2. The van der Waals surface area contributed by atoms with Crippen LogP contribution in [0.3, 0.4) is 0 Å². The van der Waals surface area contributed by atoms with Gasteiger partial charge in [-0.25, -0.2) is 9.78 Å². The Bertz CT molecular complexity index is 631. The summed E-state index contributed by atoms with van der Waals surface area (Å²) in [5, 5.41) is 22.5. The highest BCUT2D eigenvalue weighted by Gasteiger charge is 2.08. The van der Waals surface area contributed by atoms with E-state index in [1.165, 1.54) is 0 Å². The van der Waals surface area contributed by atoms with Gasteiger partial charge in [-0.05, 0) is 17.7 Å². The number of hydrogen-bond acceptors (Lipinski definition) is 5. The monoisotopic (exact) mass is 273 g/mol. The summed E-state index contributed by atoms with van der Waals surface area (Å²) in [5.41, 5.74) is 2.34. The third kappa shape index (κ3) is 3.61. The molecule has 6 heteroatoms. The molecule has 19 heavy (non-hydrogen) atoms. The molecule has 2 aromatic rings. The van der Waals surface area contributed by atoms with Crippen LogP contribution in [0.5, 0.6) is 0 Å². The molecule has 0 fully saturated rings. The summed E-state index contributed by atoms with van der Waals surface area (Å²) in [6.07, 6.45) is 0. The van der Waals surface area contributed by atoms with Crippen LogP contribution in [0, 0.1) is 11.3 Å². The van der Waals surface area contributed by atoms with Crippen LogP contribution in [-0.2, 0) is 13.1 Å². The van der Waals surface area contributed by atoms with E-state index in [-0.39, 0.29) is 5.01 Å². The van der Waals surface area contributed by atoms with Gasteiger partial charge in [-0.1, -0.05) is 12.1 Å². The minimum atomic E-state index is -1.00. The lowest BCUT2D eigenvalue weighted by molar-refractivity contribution is 0.0696. The van der Waals surface area contributed by atoms with Crippen LogP contribution >= 0.6 is 11.3 Å². The zero-order valence-electron chi connectivity index (χ0n) is 9.96. The van der Waals surface area contributed by atoms with Gasteiger partial charge in [0.25, 0.3) is 0 Å². The van der Waals surface area contributed by atoms with Crippen molar-refractivity contribution in [1.29, 1.82) is 5.26 Å². The molecule has 0 aliphatic rings. The van der Waals surface area contributed by atoms with E-state index in [4.69, 9.17) is 10.4 Å². The van der Waals surface area contributed by atoms with Gasteiger partial charge in [0.05, 0.1) is 17.3 Å². The van der Waals surface area contributed by atoms with Crippen molar-refractivity contribution in [1.82, 2.24) is 10.3 Å². The molecule has 2 N–H and O–H groups in total. The third-order valence-electron chi connectivity index (χ3n) is 2.43. The molecule has 0 spiro atoms. The number of aromatic carboxylic acids is 1. The molecule has 1 aromatic heterocycles. The molecule has 5 nitrogen and oxygen atoms in total. The second-order valence-corrected chi connectivity index (χ2v) is 4.72. The van der Waals surface area contributed by atoms with E-state index in [9.17, 15) is 4.79 Å². The summed E-state index contributed by atoms with van der Waals surface area (Å²) in [4.78, 5) is 14.7. The first-order chi connectivity index (χ1) is 9.19. The Labute approximate surface area is 114 Å². The van der Waals surface area contributed by atoms with Crippen LogP contribution in [-0.4, -0.2) is 16.1 Å². The molecule has 0 radical (unpaired) electrons. The van der Waals surface area contributed by atoms with Crippen molar-refractivity contribution in [2.45, 2.75) is 13.1 Å². The molecule has 0 atom stereocenters. The summed E-state index contributed by atoms with van der Waals surface area (Å²) in [6, 6.07) is 9.42. The molecular weight excluding hydrogens is 262 g/mol. The van der Waals surface area contributed by atoms with Crippen molar-refractivity contribution < 1.29 is 9.90 Å². The van der Waals surface area contributed by atoms with Crippen LogP contribution in [0.25, 0.3) is 0 Å². The number of nitrogens with one attached hydrogen (secondary N) is 1. The normalized spacial score (nSPS) is 10.1. The number of carboxylic acids is 1. The highest BCUT2D eigenvalue weighted by molar-refractivity contribution is 7.11. The summed E-state index contributed by atoms with van der Waals surface area (Å²) in [6.45, 7) is 1.11. The Hall–Kier alpha value is -2.23. The Kier molecular flexibility index (Phi) is 4.23. The van der Waals surface area contributed by atoms with Gasteiger partial charge < -0.3 is 10.4 Å². The second kappa shape index (κ2) is 6.09. The summed E-state index contributed by atoms with van der Waals surface area (Å²) in [7, 11) is 0. The van der Waals surface area contributed by atoms with Crippen LogP contribution in [0.1, 0.15) is 26.6 Å². The van der Waals surface area contributed by atoms with E-state index in [1.54, 1.807) is 11.4 Å². The van der Waals surface area contributed by atoms with Crippen LogP contribution in [0.4, 0.5) is 0 Å². The summed E-state index contributed by atoms with van der Waals surface area (Å²) in [5.74, 6) is -1.00. The lowest BCUT2D eigenvalue weighted by Crippen LogP contribution is -2.13. The highest BCUT2D eigenvalue weighted by atomic mass is 32.1. The molecule has 0 aliphatic carbocycles. The van der Waals surface area contributed by atoms with Crippen molar-refractivity contribution in [2.24, 2.45) is 0 Å². The summed E-state index contributed by atoms with van der Waals surface area (Å²) >= 11 is 1.12. The molecule has 0 saturated carbocycles. The quantitative estimate of drug-likeness (QED) is 0.870. The number of carbonyl (C=O) groups is 1. The lowest BCUT2D eigenvalue weighted by atomic mass is 10.1. The van der Waals surface area contributed by atoms with Gasteiger partial charge in [0, 0.05) is 18.5 Å². The van der Waals surface area contributed by atoms with E-state index in [0.29, 0.717) is 24.3 Å². The predicted molar refractivity (Wildman–Crippen MR) is 70.8 cm³/mol. The first-order valence-electron chi connectivity index (χ1n) is 5.56. The largest absolute Gasteiger partial charge is 0.476 e. The van der Waals surface area contributed by atoms with Crippen LogP contribution in [0.15, 0.2) is 29.6 Å². The number of benzene rings is 1. The maximum atomic E-state index is 10.7. The van der Waals surface area contributed by atoms with E-state index < -0.39 is 5.97 Å². The van der Waals surface area contributed by atoms with Crippen molar-refractivity contribution in [3.05, 3.63) is 51.5 Å². The molecule has 0 saturated heterocycles. The van der Waals surface area contributed by atoms with Gasteiger partial charge in [0.15, 0.2) is 0 Å². The minimum absolute atomic E-state index is 0.100. The molecule has 0 bridgehead atoms. The van der Waals surface area contributed by atoms with Gasteiger partial charge in [0.1, 0.15) is 0 Å². The Morgan fingerprint density at radius 3 is 3.00 bits per heavy atom. The number of aromatic nitrogens is 1. The topological polar surface area (TPSA) is 86.0 Å². The first-order valence-corrected chi connectivity index (χ1v) is 6.44. The van der Waals surface area contributed by atoms with Gasteiger partial charge in [0.2, 0.25) is 5.01 Å². The van der Waals surface area contributed by atoms with Crippen molar-refractivity contribution in [2.75, 3.05) is 0 Å². The average Bonchev–Trinajstić information content (AvgIpc) is 2.88. The smallest absolute Gasteiger partial charge is 0.365 e. The molecule has 0 aliphatic heterocycles. The molecule has 0 unspecified atom stereocenters. The average molecular weight is 273 g/mol. The molecular formula is C13H11N3O2S. The standard InChI is InChI=1S/C13H11N3O2S/c14-5-9-2-1-3-10(4-9)6-15-7-11-8-19-12(16-11)13(17)18/h1-4,8,15H,6-7H2,(H,17,18). The predicted octanol–water partition coefficient (Wildman–Crippen LogP) is 2.00. The van der Waals surface area contributed by atoms with Crippen molar-refractivity contribution in [3.8, 4) is 6.07 Å². The SMILES string of the molecule is N#Cc1cccc(CNCc2csc(C(=O)O)n2)c1. The lowest BCUT2D eigenvalue weighted by Gasteiger charge is -2.03. The maximum Gasteiger partial charge on any atom is 0.365 e. The molecule has 96 valence electrons. The number of nitriles is 1. The van der Waals surface area contributed by atoms with Crippen molar-refractivity contribution in [3.63, 3.8) is 0 Å². The zero-order chi connectivity index (χ0) is 13.7. The Balaban J connectivity index is 1.89. The first kappa shape index (κ1) is 13.2. The van der Waals surface area contributed by atoms with Gasteiger partial charge in [-0.2, -0.15) is 5.26 Å². The molecule has 2 rings (SSSR count). The fourth-order valence-corrected chi connectivity index (χ4v) is 2.23.